The van der Waals surface area contributed by atoms with E-state index in [1.807, 2.05) is 22.9 Å². The van der Waals surface area contributed by atoms with Crippen LogP contribution in [0.4, 0.5) is 0 Å². The number of nitrogens with zero attached hydrogens (tertiary/aromatic N) is 2. The SMILES string of the molecule is C1CCOC1.C1CCOC1.c1ccsc1.c1conn1. The molecule has 2 aromatic heterocycles. The maximum Gasteiger partial charge on any atom is 0.144 e. The first-order valence-electron chi connectivity index (χ1n) is 6.84. The van der Waals surface area contributed by atoms with Crippen LogP contribution in [-0.4, -0.2) is 36.8 Å². The summed E-state index contributed by atoms with van der Waals surface area (Å²) in [6.07, 6.45) is 7.99. The van der Waals surface area contributed by atoms with Crippen LogP contribution in [0, 0.1) is 0 Å². The van der Waals surface area contributed by atoms with Crippen molar-refractivity contribution in [3.05, 3.63) is 35.4 Å². The zero-order valence-corrected chi connectivity index (χ0v) is 12.5. The van der Waals surface area contributed by atoms with E-state index >= 15 is 0 Å². The molecule has 112 valence electrons. The van der Waals surface area contributed by atoms with Gasteiger partial charge in [-0.25, -0.2) is 0 Å². The van der Waals surface area contributed by atoms with Crippen LogP contribution in [0.15, 0.2) is 39.9 Å². The Morgan fingerprint density at radius 1 is 0.800 bits per heavy atom. The van der Waals surface area contributed by atoms with Gasteiger partial charge in [0.25, 0.3) is 0 Å². The lowest BCUT2D eigenvalue weighted by atomic mass is 10.4. The Kier molecular flexibility index (Phi) is 11.9. The topological polar surface area (TPSA) is 57.4 Å². The highest BCUT2D eigenvalue weighted by Gasteiger charge is 1.95. The average molecular weight is 298 g/mol. The van der Waals surface area contributed by atoms with E-state index in [1.165, 1.54) is 38.1 Å². The number of ether oxygens (including phenoxy) is 2. The Morgan fingerprint density at radius 2 is 1.35 bits per heavy atom. The molecule has 0 atom stereocenters. The van der Waals surface area contributed by atoms with Crippen LogP contribution >= 0.6 is 11.3 Å². The normalized spacial score (nSPS) is 16.0. The number of aromatic nitrogens is 2. The molecular formula is C14H22N2O3S. The standard InChI is InChI=1S/2C4H8O.C4H4S.C2H2N2O/c3*1-2-4-5-3-1;1-2-5-4-3-1/h2*1-4H2;1-4H;1-2H. The van der Waals surface area contributed by atoms with Gasteiger partial charge in [0.05, 0.1) is 6.20 Å². The minimum Gasteiger partial charge on any atom is -0.381 e. The summed E-state index contributed by atoms with van der Waals surface area (Å²) in [4.78, 5) is 0. The molecule has 0 radical (unpaired) electrons. The van der Waals surface area contributed by atoms with Gasteiger partial charge in [-0.2, -0.15) is 11.3 Å². The van der Waals surface area contributed by atoms with Gasteiger partial charge in [-0.1, -0.05) is 12.1 Å². The Hall–Kier alpha value is -1.24. The molecule has 0 aliphatic carbocycles. The second-order valence-electron chi connectivity index (χ2n) is 4.02. The van der Waals surface area contributed by atoms with Crippen LogP contribution in [-0.2, 0) is 9.47 Å². The van der Waals surface area contributed by atoms with Gasteiger partial charge in [-0.15, -0.1) is 5.10 Å². The fourth-order valence-corrected chi connectivity index (χ4v) is 1.84. The van der Waals surface area contributed by atoms with Gasteiger partial charge in [0.2, 0.25) is 0 Å². The molecule has 0 N–H and O–H groups in total. The molecule has 4 heterocycles. The van der Waals surface area contributed by atoms with Crippen LogP contribution in [0.2, 0.25) is 0 Å². The van der Waals surface area contributed by atoms with E-state index in [0.29, 0.717) is 0 Å². The highest BCUT2D eigenvalue weighted by Crippen LogP contribution is 1.98. The fourth-order valence-electron chi connectivity index (χ4n) is 1.38. The van der Waals surface area contributed by atoms with Crippen LogP contribution in [0.3, 0.4) is 0 Å². The summed E-state index contributed by atoms with van der Waals surface area (Å²) < 4.78 is 14.1. The van der Waals surface area contributed by atoms with Crippen molar-refractivity contribution in [3.63, 3.8) is 0 Å². The van der Waals surface area contributed by atoms with Gasteiger partial charge >= 0.3 is 0 Å². The molecule has 0 spiro atoms. The van der Waals surface area contributed by atoms with E-state index in [0.717, 1.165) is 26.4 Å². The first-order chi connectivity index (χ1) is 10.0. The van der Waals surface area contributed by atoms with Crippen molar-refractivity contribution in [1.29, 1.82) is 0 Å². The smallest absolute Gasteiger partial charge is 0.144 e. The lowest BCUT2D eigenvalue weighted by molar-refractivity contribution is 0.198. The quantitative estimate of drug-likeness (QED) is 0.746. The van der Waals surface area contributed by atoms with Crippen molar-refractivity contribution < 1.29 is 14.0 Å². The minimum atomic E-state index is 1.00. The molecule has 0 unspecified atom stereocenters. The van der Waals surface area contributed by atoms with Crippen LogP contribution < -0.4 is 0 Å². The molecule has 4 rings (SSSR count). The Morgan fingerprint density at radius 3 is 1.50 bits per heavy atom. The first-order valence-corrected chi connectivity index (χ1v) is 7.78. The van der Waals surface area contributed by atoms with Crippen molar-refractivity contribution in [2.45, 2.75) is 25.7 Å². The molecule has 2 aliphatic rings. The molecule has 0 saturated carbocycles. The Balaban J connectivity index is 0.000000133. The van der Waals surface area contributed by atoms with Crippen LogP contribution in [0.25, 0.3) is 0 Å². The third-order valence-corrected chi connectivity index (χ3v) is 2.99. The summed E-state index contributed by atoms with van der Waals surface area (Å²) in [5.74, 6) is 0. The zero-order valence-electron chi connectivity index (χ0n) is 11.6. The summed E-state index contributed by atoms with van der Waals surface area (Å²) >= 11 is 1.71. The fraction of sp³-hybridized carbons (Fsp3) is 0.571. The van der Waals surface area contributed by atoms with E-state index in [2.05, 4.69) is 14.9 Å². The molecule has 0 bridgehead atoms. The van der Waals surface area contributed by atoms with Crippen molar-refractivity contribution in [1.82, 2.24) is 10.4 Å². The minimum absolute atomic E-state index is 1.00. The average Bonchev–Trinajstić information content (AvgIpc) is 3.40. The largest absolute Gasteiger partial charge is 0.381 e. The van der Waals surface area contributed by atoms with E-state index < -0.39 is 0 Å². The summed E-state index contributed by atoms with van der Waals surface area (Å²) in [6, 6.07) is 4.04. The van der Waals surface area contributed by atoms with Gasteiger partial charge in [0, 0.05) is 31.7 Å². The first kappa shape index (κ1) is 16.8. The maximum absolute atomic E-state index is 4.94. The molecule has 2 aliphatic heterocycles. The molecule has 2 saturated heterocycles. The molecular weight excluding hydrogens is 276 g/mol. The maximum atomic E-state index is 4.94. The Labute approximate surface area is 123 Å². The monoisotopic (exact) mass is 298 g/mol. The Bertz CT molecular complexity index is 260. The molecule has 0 aromatic carbocycles. The van der Waals surface area contributed by atoms with Crippen LogP contribution in [0.5, 0.6) is 0 Å². The summed E-state index contributed by atoms with van der Waals surface area (Å²) in [6.45, 7) is 4.00. The molecule has 2 aromatic rings. The highest BCUT2D eigenvalue weighted by atomic mass is 32.1. The number of rotatable bonds is 0. The molecule has 6 heteroatoms. The lowest BCUT2D eigenvalue weighted by Crippen LogP contribution is -1.74. The summed E-state index contributed by atoms with van der Waals surface area (Å²) in [7, 11) is 0. The lowest BCUT2D eigenvalue weighted by Gasteiger charge is -1.76. The van der Waals surface area contributed by atoms with E-state index in [-0.39, 0.29) is 0 Å². The molecule has 20 heavy (non-hydrogen) atoms. The van der Waals surface area contributed by atoms with Gasteiger partial charge in [-0.05, 0) is 36.4 Å². The van der Waals surface area contributed by atoms with Gasteiger partial charge in [0.1, 0.15) is 6.26 Å². The van der Waals surface area contributed by atoms with Crippen molar-refractivity contribution in [2.75, 3.05) is 26.4 Å². The van der Waals surface area contributed by atoms with Gasteiger partial charge in [-0.3, -0.25) is 0 Å². The second-order valence-corrected chi connectivity index (χ2v) is 4.84. The predicted molar refractivity (Wildman–Crippen MR) is 78.7 cm³/mol. The van der Waals surface area contributed by atoms with E-state index in [1.54, 1.807) is 11.3 Å². The third kappa shape index (κ3) is 11.8. The molecule has 2 fully saturated rings. The third-order valence-electron chi connectivity index (χ3n) is 2.36. The van der Waals surface area contributed by atoms with Gasteiger partial charge in [0.15, 0.2) is 0 Å². The van der Waals surface area contributed by atoms with Crippen molar-refractivity contribution in [2.24, 2.45) is 0 Å². The second kappa shape index (κ2) is 14.2. The summed E-state index contributed by atoms with van der Waals surface area (Å²) in [5.41, 5.74) is 0. The van der Waals surface area contributed by atoms with Crippen LogP contribution in [0.1, 0.15) is 25.7 Å². The van der Waals surface area contributed by atoms with Crippen molar-refractivity contribution >= 4 is 11.3 Å². The van der Waals surface area contributed by atoms with E-state index in [9.17, 15) is 0 Å². The predicted octanol–water partition coefficient (Wildman–Crippen LogP) is 3.41. The highest BCUT2D eigenvalue weighted by molar-refractivity contribution is 7.07. The number of hydrogen-bond donors (Lipinski definition) is 0. The van der Waals surface area contributed by atoms with E-state index in [4.69, 9.17) is 9.47 Å². The number of hydrogen-bond acceptors (Lipinski definition) is 6. The van der Waals surface area contributed by atoms with Crippen molar-refractivity contribution in [3.8, 4) is 0 Å². The zero-order chi connectivity index (χ0) is 14.1. The molecule has 5 nitrogen and oxygen atoms in total. The molecule has 0 amide bonds. The van der Waals surface area contributed by atoms with Gasteiger partial charge < -0.3 is 14.0 Å². The summed E-state index contributed by atoms with van der Waals surface area (Å²) in [5, 5.41) is 10.5. The number of thiophene rings is 1.